The fourth-order valence-electron chi connectivity index (χ4n) is 1.74. The minimum atomic E-state index is 0.739. The number of benzene rings is 2. The Morgan fingerprint density at radius 3 is 2.57 bits per heavy atom. The van der Waals surface area contributed by atoms with E-state index in [4.69, 9.17) is 23.8 Å². The number of hydrogen-bond donors (Lipinski definition) is 0. The molecule has 0 bridgehead atoms. The lowest BCUT2D eigenvalue weighted by atomic mass is 10.1. The van der Waals surface area contributed by atoms with Crippen LogP contribution in [0.15, 0.2) is 52.4 Å². The van der Waals surface area contributed by atoms with Gasteiger partial charge in [-0.1, -0.05) is 36.0 Å². The molecule has 2 aromatic carbocycles. The molecule has 0 N–H and O–H groups in total. The van der Waals surface area contributed by atoms with E-state index in [2.05, 4.69) is 4.99 Å². The quantitative estimate of drug-likeness (QED) is 0.319. The lowest BCUT2D eigenvalue weighted by Crippen LogP contribution is -2.05. The Hall–Kier alpha value is -1.36. The van der Waals surface area contributed by atoms with Crippen LogP contribution in [0.4, 0.5) is 5.69 Å². The molecule has 0 unspecified atom stereocenters. The monoisotopic (exact) mass is 334 g/mol. The maximum absolute atomic E-state index is 5.87. The standard InChI is InChI=1S/C16H15ClN2S2/c1-12-13(10-20)4-3-5-16(12)18-11-19(2)21-15-8-6-14(17)7-9-15/h3-11H,1-2H3. The molecule has 2 nitrogen and oxygen atoms in total. The molecule has 0 aromatic heterocycles. The number of rotatable bonds is 5. The Kier molecular flexibility index (Phi) is 5.79. The van der Waals surface area contributed by atoms with Gasteiger partial charge < -0.3 is 4.31 Å². The SMILES string of the molecule is Cc1c(C=S)cccc1N=CN(C)Sc1ccc(Cl)cc1. The van der Waals surface area contributed by atoms with Crippen LogP contribution < -0.4 is 0 Å². The molecule has 0 spiro atoms. The summed E-state index contributed by atoms with van der Waals surface area (Å²) in [6, 6.07) is 13.7. The molecule has 0 aliphatic carbocycles. The molecule has 0 amide bonds. The first kappa shape index (κ1) is 16.0. The van der Waals surface area contributed by atoms with E-state index >= 15 is 0 Å². The summed E-state index contributed by atoms with van der Waals surface area (Å²) in [5, 5.41) is 2.42. The third-order valence-electron chi connectivity index (χ3n) is 2.90. The number of thiocarbonyl (C=S) groups is 1. The second-order valence-corrected chi connectivity index (χ2v) is 6.35. The first-order valence-electron chi connectivity index (χ1n) is 6.35. The van der Waals surface area contributed by atoms with Crippen molar-refractivity contribution in [1.29, 1.82) is 0 Å². The molecule has 0 fully saturated rings. The summed E-state index contributed by atoms with van der Waals surface area (Å²) in [5.74, 6) is 0. The van der Waals surface area contributed by atoms with Crippen molar-refractivity contribution in [3.05, 3.63) is 58.6 Å². The second kappa shape index (κ2) is 7.59. The van der Waals surface area contributed by atoms with Gasteiger partial charge in [0, 0.05) is 22.3 Å². The van der Waals surface area contributed by atoms with Crippen LogP contribution in [-0.2, 0) is 0 Å². The first-order valence-corrected chi connectivity index (χ1v) is 7.98. The normalized spacial score (nSPS) is 10.8. The van der Waals surface area contributed by atoms with E-state index < -0.39 is 0 Å². The Morgan fingerprint density at radius 2 is 1.90 bits per heavy atom. The van der Waals surface area contributed by atoms with Crippen LogP contribution in [0.5, 0.6) is 0 Å². The third-order valence-corrected chi connectivity index (χ3v) is 4.27. The average molecular weight is 335 g/mol. The van der Waals surface area contributed by atoms with Crippen LogP contribution in [0.2, 0.25) is 5.02 Å². The van der Waals surface area contributed by atoms with Gasteiger partial charge in [-0.2, -0.15) is 0 Å². The van der Waals surface area contributed by atoms with E-state index in [1.54, 1.807) is 23.7 Å². The van der Waals surface area contributed by atoms with E-state index in [9.17, 15) is 0 Å². The van der Waals surface area contributed by atoms with Crippen LogP contribution in [0.1, 0.15) is 11.1 Å². The number of halogens is 1. The van der Waals surface area contributed by atoms with Crippen molar-refractivity contribution in [1.82, 2.24) is 4.31 Å². The zero-order valence-corrected chi connectivity index (χ0v) is 14.2. The molecular weight excluding hydrogens is 320 g/mol. The van der Waals surface area contributed by atoms with Crippen molar-refractivity contribution in [2.24, 2.45) is 4.99 Å². The van der Waals surface area contributed by atoms with E-state index in [1.807, 2.05) is 60.7 Å². The summed E-state index contributed by atoms with van der Waals surface area (Å²) >= 11 is 12.5. The van der Waals surface area contributed by atoms with E-state index in [0.29, 0.717) is 0 Å². The summed E-state index contributed by atoms with van der Waals surface area (Å²) in [5.41, 5.74) is 3.05. The topological polar surface area (TPSA) is 15.6 Å². The molecule has 0 saturated heterocycles. The van der Waals surface area contributed by atoms with Crippen LogP contribution in [-0.4, -0.2) is 23.1 Å². The Balaban J connectivity index is 2.07. The maximum Gasteiger partial charge on any atom is 0.101 e. The van der Waals surface area contributed by atoms with Crippen molar-refractivity contribution in [2.75, 3.05) is 7.05 Å². The minimum Gasteiger partial charge on any atom is -0.306 e. The maximum atomic E-state index is 5.87. The van der Waals surface area contributed by atoms with Crippen molar-refractivity contribution in [2.45, 2.75) is 11.8 Å². The Labute approximate surface area is 140 Å². The lowest BCUT2D eigenvalue weighted by Gasteiger charge is -2.12. The van der Waals surface area contributed by atoms with Crippen molar-refractivity contribution in [3.8, 4) is 0 Å². The molecule has 0 radical (unpaired) electrons. The molecule has 108 valence electrons. The van der Waals surface area contributed by atoms with Gasteiger partial charge in [-0.15, -0.1) is 0 Å². The van der Waals surface area contributed by atoms with Crippen molar-refractivity contribution < 1.29 is 0 Å². The first-order chi connectivity index (χ1) is 10.1. The van der Waals surface area contributed by atoms with Crippen LogP contribution in [0.3, 0.4) is 0 Å². The van der Waals surface area contributed by atoms with Crippen LogP contribution in [0.25, 0.3) is 0 Å². The van der Waals surface area contributed by atoms with Crippen LogP contribution in [0, 0.1) is 6.92 Å². The molecule has 0 saturated carbocycles. The summed E-state index contributed by atoms with van der Waals surface area (Å²) in [6.45, 7) is 2.02. The molecule has 21 heavy (non-hydrogen) atoms. The number of nitrogens with zero attached hydrogens (tertiary/aromatic N) is 2. The zero-order valence-electron chi connectivity index (χ0n) is 11.8. The van der Waals surface area contributed by atoms with E-state index in [0.717, 1.165) is 26.7 Å². The second-order valence-electron chi connectivity index (χ2n) is 4.45. The molecule has 2 rings (SSSR count). The van der Waals surface area contributed by atoms with Crippen molar-refractivity contribution in [3.63, 3.8) is 0 Å². The Bertz CT molecular complexity index is 654. The zero-order chi connectivity index (χ0) is 15.2. The van der Waals surface area contributed by atoms with Gasteiger partial charge in [-0.05, 0) is 60.3 Å². The van der Waals surface area contributed by atoms with Gasteiger partial charge in [0.05, 0.1) is 5.69 Å². The van der Waals surface area contributed by atoms with Gasteiger partial charge >= 0.3 is 0 Å². The fraction of sp³-hybridized carbons (Fsp3) is 0.125. The summed E-state index contributed by atoms with van der Waals surface area (Å²) in [7, 11) is 1.96. The fourth-order valence-corrected chi connectivity index (χ4v) is 2.80. The van der Waals surface area contributed by atoms with E-state index in [-0.39, 0.29) is 0 Å². The molecule has 0 heterocycles. The van der Waals surface area contributed by atoms with Crippen molar-refractivity contribution >= 4 is 53.2 Å². The molecule has 0 aliphatic heterocycles. The average Bonchev–Trinajstić information content (AvgIpc) is 2.48. The van der Waals surface area contributed by atoms with Crippen LogP contribution >= 0.6 is 35.8 Å². The summed E-state index contributed by atoms with van der Waals surface area (Å²) in [6.07, 6.45) is 1.80. The molecular formula is C16H15ClN2S2. The molecule has 0 aliphatic rings. The predicted octanol–water partition coefficient (Wildman–Crippen LogP) is 5.30. The highest BCUT2D eigenvalue weighted by atomic mass is 35.5. The number of hydrogen-bond acceptors (Lipinski definition) is 3. The smallest absolute Gasteiger partial charge is 0.101 e. The van der Waals surface area contributed by atoms with E-state index in [1.165, 1.54) is 0 Å². The van der Waals surface area contributed by atoms with Gasteiger partial charge in [-0.25, -0.2) is 4.99 Å². The van der Waals surface area contributed by atoms with Gasteiger partial charge in [0.2, 0.25) is 0 Å². The summed E-state index contributed by atoms with van der Waals surface area (Å²) in [4.78, 5) is 5.62. The molecule has 2 aromatic rings. The highest BCUT2D eigenvalue weighted by molar-refractivity contribution is 7.97. The Morgan fingerprint density at radius 1 is 1.19 bits per heavy atom. The van der Waals surface area contributed by atoms with Gasteiger partial charge in [-0.3, -0.25) is 0 Å². The highest BCUT2D eigenvalue weighted by Crippen LogP contribution is 2.24. The summed E-state index contributed by atoms with van der Waals surface area (Å²) < 4.78 is 1.95. The van der Waals surface area contributed by atoms with Gasteiger partial charge in [0.15, 0.2) is 0 Å². The predicted molar refractivity (Wildman–Crippen MR) is 97.2 cm³/mol. The van der Waals surface area contributed by atoms with Gasteiger partial charge in [0.25, 0.3) is 0 Å². The largest absolute Gasteiger partial charge is 0.306 e. The van der Waals surface area contributed by atoms with Gasteiger partial charge in [0.1, 0.15) is 6.34 Å². The number of aliphatic imine (C=N–C) groups is 1. The highest BCUT2D eigenvalue weighted by Gasteiger charge is 2.01. The third kappa shape index (κ3) is 4.56. The minimum absolute atomic E-state index is 0.739. The molecule has 5 heteroatoms. The lowest BCUT2D eigenvalue weighted by molar-refractivity contribution is 0.869. The molecule has 0 atom stereocenters.